The fraction of sp³-hybridized carbons (Fsp3) is 0.875. The predicted octanol–water partition coefficient (Wildman–Crippen LogP) is 2.43. The number of nitrogens with zero attached hydrogens (tertiary/aromatic N) is 1. The third-order valence-electron chi connectivity index (χ3n) is 2.19. The molecular weight excluding hydrogens is 129 g/mol. The standard InChI is InChI=1S/C8H12FN/c9-8(6-10)7-4-2-1-3-5-7/h7-8H,1-5H2/t8-/m1/s1. The topological polar surface area (TPSA) is 23.8 Å². The molecule has 1 aliphatic carbocycles. The lowest BCUT2D eigenvalue weighted by molar-refractivity contribution is 0.227. The highest BCUT2D eigenvalue weighted by molar-refractivity contribution is 4.89. The molecule has 0 unspecified atom stereocenters. The Balaban J connectivity index is 2.33. The maximum Gasteiger partial charge on any atom is 0.189 e. The maximum absolute atomic E-state index is 12.7. The van der Waals surface area contributed by atoms with E-state index in [4.69, 9.17) is 5.26 Å². The first kappa shape index (κ1) is 7.53. The summed E-state index contributed by atoms with van der Waals surface area (Å²) in [4.78, 5) is 0. The van der Waals surface area contributed by atoms with E-state index >= 15 is 0 Å². The Bertz CT molecular complexity index is 133. The molecule has 10 heavy (non-hydrogen) atoms. The van der Waals surface area contributed by atoms with Crippen LogP contribution < -0.4 is 0 Å². The Hall–Kier alpha value is -0.580. The Morgan fingerprint density at radius 3 is 2.40 bits per heavy atom. The first-order valence-corrected chi connectivity index (χ1v) is 3.88. The molecular formula is C8H12FN. The molecule has 0 aliphatic heterocycles. The Labute approximate surface area is 60.8 Å². The number of nitriles is 1. The van der Waals surface area contributed by atoms with Gasteiger partial charge in [0.05, 0.1) is 0 Å². The van der Waals surface area contributed by atoms with E-state index in [0.29, 0.717) is 0 Å². The zero-order chi connectivity index (χ0) is 7.40. The van der Waals surface area contributed by atoms with Gasteiger partial charge in [0.25, 0.3) is 0 Å². The van der Waals surface area contributed by atoms with E-state index in [1.807, 2.05) is 0 Å². The number of alkyl halides is 1. The van der Waals surface area contributed by atoms with E-state index in [2.05, 4.69) is 0 Å². The van der Waals surface area contributed by atoms with E-state index in [0.717, 1.165) is 25.7 Å². The molecule has 1 aliphatic rings. The molecule has 1 saturated carbocycles. The second kappa shape index (κ2) is 3.55. The highest BCUT2D eigenvalue weighted by Gasteiger charge is 2.22. The lowest BCUT2D eigenvalue weighted by Gasteiger charge is -2.20. The van der Waals surface area contributed by atoms with Gasteiger partial charge in [-0.2, -0.15) is 5.26 Å². The first-order valence-electron chi connectivity index (χ1n) is 3.88. The molecule has 0 spiro atoms. The van der Waals surface area contributed by atoms with E-state index in [1.165, 1.54) is 6.42 Å². The van der Waals surface area contributed by atoms with Gasteiger partial charge in [-0.05, 0) is 12.8 Å². The number of halogens is 1. The van der Waals surface area contributed by atoms with Crippen LogP contribution in [-0.4, -0.2) is 6.17 Å². The van der Waals surface area contributed by atoms with Gasteiger partial charge in [-0.1, -0.05) is 19.3 Å². The van der Waals surface area contributed by atoms with Gasteiger partial charge in [0.2, 0.25) is 0 Å². The summed E-state index contributed by atoms with van der Waals surface area (Å²) in [6, 6.07) is 1.67. The molecule has 1 rings (SSSR count). The summed E-state index contributed by atoms with van der Waals surface area (Å²) in [5, 5.41) is 8.26. The van der Waals surface area contributed by atoms with Crippen molar-refractivity contribution in [1.82, 2.24) is 0 Å². The Kier molecular flexibility index (Phi) is 2.68. The van der Waals surface area contributed by atoms with Crippen molar-refractivity contribution in [1.29, 1.82) is 5.26 Å². The molecule has 0 aromatic heterocycles. The van der Waals surface area contributed by atoms with Crippen LogP contribution in [0.2, 0.25) is 0 Å². The molecule has 0 saturated heterocycles. The molecule has 0 heterocycles. The van der Waals surface area contributed by atoms with Gasteiger partial charge < -0.3 is 0 Å². The molecule has 1 atom stereocenters. The summed E-state index contributed by atoms with van der Waals surface area (Å²) in [5.74, 6) is 0.0405. The molecule has 0 radical (unpaired) electrons. The molecule has 1 fully saturated rings. The van der Waals surface area contributed by atoms with Gasteiger partial charge in [-0.3, -0.25) is 0 Å². The molecule has 56 valence electrons. The van der Waals surface area contributed by atoms with Gasteiger partial charge in [-0.15, -0.1) is 0 Å². The lowest BCUT2D eigenvalue weighted by Crippen LogP contribution is -2.16. The zero-order valence-electron chi connectivity index (χ0n) is 6.02. The minimum atomic E-state index is -1.21. The fourth-order valence-corrected chi connectivity index (χ4v) is 1.53. The van der Waals surface area contributed by atoms with Gasteiger partial charge in [0.15, 0.2) is 6.17 Å². The van der Waals surface area contributed by atoms with Crippen molar-refractivity contribution in [2.45, 2.75) is 38.3 Å². The van der Waals surface area contributed by atoms with Crippen LogP contribution in [-0.2, 0) is 0 Å². The number of rotatable bonds is 1. The minimum Gasteiger partial charge on any atom is -0.231 e. The second-order valence-electron chi connectivity index (χ2n) is 2.93. The smallest absolute Gasteiger partial charge is 0.189 e. The third kappa shape index (κ3) is 1.70. The number of hydrogen-bond acceptors (Lipinski definition) is 1. The fourth-order valence-electron chi connectivity index (χ4n) is 1.53. The van der Waals surface area contributed by atoms with Crippen molar-refractivity contribution in [2.75, 3.05) is 0 Å². The van der Waals surface area contributed by atoms with Crippen molar-refractivity contribution in [3.63, 3.8) is 0 Å². The van der Waals surface area contributed by atoms with Crippen LogP contribution in [0.15, 0.2) is 0 Å². The van der Waals surface area contributed by atoms with Crippen LogP contribution in [0.4, 0.5) is 4.39 Å². The third-order valence-corrected chi connectivity index (χ3v) is 2.19. The highest BCUT2D eigenvalue weighted by Crippen LogP contribution is 2.27. The van der Waals surface area contributed by atoms with Crippen molar-refractivity contribution >= 4 is 0 Å². The van der Waals surface area contributed by atoms with Gasteiger partial charge in [0.1, 0.15) is 6.07 Å². The molecule has 0 aromatic rings. The SMILES string of the molecule is N#C[C@@H](F)C1CCCCC1. The highest BCUT2D eigenvalue weighted by atomic mass is 19.1. The van der Waals surface area contributed by atoms with Crippen molar-refractivity contribution in [2.24, 2.45) is 5.92 Å². The average Bonchev–Trinajstić information content (AvgIpc) is 2.05. The van der Waals surface area contributed by atoms with Crippen LogP contribution in [0.25, 0.3) is 0 Å². The molecule has 0 bridgehead atoms. The van der Waals surface area contributed by atoms with Crippen LogP contribution in [0, 0.1) is 17.2 Å². The summed E-state index contributed by atoms with van der Waals surface area (Å²) in [5.41, 5.74) is 0. The monoisotopic (exact) mass is 141 g/mol. The van der Waals surface area contributed by atoms with Crippen LogP contribution in [0.1, 0.15) is 32.1 Å². The zero-order valence-corrected chi connectivity index (χ0v) is 6.02. The van der Waals surface area contributed by atoms with E-state index in [1.54, 1.807) is 6.07 Å². The van der Waals surface area contributed by atoms with E-state index in [-0.39, 0.29) is 5.92 Å². The number of hydrogen-bond donors (Lipinski definition) is 0. The first-order chi connectivity index (χ1) is 4.84. The molecule has 0 amide bonds. The molecule has 0 aromatic carbocycles. The summed E-state index contributed by atoms with van der Waals surface area (Å²) < 4.78 is 12.7. The van der Waals surface area contributed by atoms with E-state index in [9.17, 15) is 4.39 Å². The normalized spacial score (nSPS) is 23.6. The van der Waals surface area contributed by atoms with Crippen molar-refractivity contribution in [3.8, 4) is 6.07 Å². The van der Waals surface area contributed by atoms with Crippen LogP contribution in [0.5, 0.6) is 0 Å². The summed E-state index contributed by atoms with van der Waals surface area (Å²) in [6.45, 7) is 0. The largest absolute Gasteiger partial charge is 0.231 e. The second-order valence-corrected chi connectivity index (χ2v) is 2.93. The van der Waals surface area contributed by atoms with Crippen molar-refractivity contribution in [3.05, 3.63) is 0 Å². The van der Waals surface area contributed by atoms with Gasteiger partial charge in [-0.25, -0.2) is 4.39 Å². The lowest BCUT2D eigenvalue weighted by atomic mass is 9.86. The summed E-state index contributed by atoms with van der Waals surface area (Å²) in [6.07, 6.45) is 4.04. The molecule has 2 heteroatoms. The minimum absolute atomic E-state index is 0.0405. The Morgan fingerprint density at radius 2 is 1.90 bits per heavy atom. The summed E-state index contributed by atoms with van der Waals surface area (Å²) >= 11 is 0. The van der Waals surface area contributed by atoms with Gasteiger partial charge >= 0.3 is 0 Å². The van der Waals surface area contributed by atoms with E-state index < -0.39 is 6.17 Å². The quantitative estimate of drug-likeness (QED) is 0.550. The summed E-state index contributed by atoms with van der Waals surface area (Å²) in [7, 11) is 0. The molecule has 0 N–H and O–H groups in total. The average molecular weight is 141 g/mol. The van der Waals surface area contributed by atoms with Crippen LogP contribution >= 0.6 is 0 Å². The van der Waals surface area contributed by atoms with Crippen molar-refractivity contribution < 1.29 is 4.39 Å². The Morgan fingerprint density at radius 1 is 1.30 bits per heavy atom. The van der Waals surface area contributed by atoms with Gasteiger partial charge in [0, 0.05) is 5.92 Å². The predicted molar refractivity (Wildman–Crippen MR) is 37.1 cm³/mol. The molecule has 1 nitrogen and oxygen atoms in total. The maximum atomic E-state index is 12.7. The van der Waals surface area contributed by atoms with Crippen LogP contribution in [0.3, 0.4) is 0 Å².